The molecule has 0 aliphatic carbocycles. The van der Waals surface area contributed by atoms with Crippen LogP contribution >= 0.6 is 12.4 Å². The van der Waals surface area contributed by atoms with Crippen molar-refractivity contribution in [3.63, 3.8) is 0 Å². The molecule has 1 atom stereocenters. The molecule has 0 aliphatic heterocycles. The van der Waals surface area contributed by atoms with E-state index in [0.717, 1.165) is 6.42 Å². The standard InChI is InChI=1S/C12H17N3O3.ClH/c1-3-7-12(2,13)11(16)14-9-5-4-6-10(8-9)15(17)18;/h4-6,8H,3,7,13H2,1-2H3,(H,14,16);1H. The van der Waals surface area contributed by atoms with E-state index in [1.165, 1.54) is 18.2 Å². The van der Waals surface area contributed by atoms with Gasteiger partial charge in [0, 0.05) is 17.8 Å². The first kappa shape index (κ1) is 17.3. The van der Waals surface area contributed by atoms with Crippen LogP contribution in [0.15, 0.2) is 24.3 Å². The average molecular weight is 288 g/mol. The highest BCUT2D eigenvalue weighted by Gasteiger charge is 2.27. The van der Waals surface area contributed by atoms with Crippen LogP contribution in [0.3, 0.4) is 0 Å². The largest absolute Gasteiger partial charge is 0.324 e. The highest BCUT2D eigenvalue weighted by atomic mass is 35.5. The molecule has 1 aromatic carbocycles. The number of rotatable bonds is 5. The second-order valence-electron chi connectivity index (χ2n) is 4.43. The summed E-state index contributed by atoms with van der Waals surface area (Å²) < 4.78 is 0. The smallest absolute Gasteiger partial charge is 0.271 e. The summed E-state index contributed by atoms with van der Waals surface area (Å²) in [5.41, 5.74) is 5.21. The minimum absolute atomic E-state index is 0. The molecule has 0 aliphatic rings. The summed E-state index contributed by atoms with van der Waals surface area (Å²) in [7, 11) is 0. The highest BCUT2D eigenvalue weighted by molar-refractivity contribution is 5.97. The second-order valence-corrected chi connectivity index (χ2v) is 4.43. The van der Waals surface area contributed by atoms with Crippen LogP contribution in [-0.2, 0) is 4.79 Å². The van der Waals surface area contributed by atoms with Gasteiger partial charge in [0.25, 0.3) is 5.69 Å². The number of nitro groups is 1. The van der Waals surface area contributed by atoms with Gasteiger partial charge in [-0.2, -0.15) is 0 Å². The number of hydrogen-bond acceptors (Lipinski definition) is 4. The van der Waals surface area contributed by atoms with E-state index in [4.69, 9.17) is 5.73 Å². The van der Waals surface area contributed by atoms with Crippen LogP contribution in [0, 0.1) is 10.1 Å². The van der Waals surface area contributed by atoms with Gasteiger partial charge in [0.2, 0.25) is 5.91 Å². The number of amides is 1. The zero-order chi connectivity index (χ0) is 13.8. The molecule has 0 spiro atoms. The Morgan fingerprint density at radius 3 is 2.68 bits per heavy atom. The van der Waals surface area contributed by atoms with Crippen LogP contribution in [-0.4, -0.2) is 16.4 Å². The highest BCUT2D eigenvalue weighted by Crippen LogP contribution is 2.19. The quantitative estimate of drug-likeness (QED) is 0.642. The molecular formula is C12H18ClN3O3. The van der Waals surface area contributed by atoms with Crippen molar-refractivity contribution >= 4 is 29.7 Å². The second kappa shape index (κ2) is 7.06. The molecule has 0 heterocycles. The van der Waals surface area contributed by atoms with Crippen molar-refractivity contribution in [3.8, 4) is 0 Å². The predicted octanol–water partition coefficient (Wildman–Crippen LogP) is 2.47. The third-order valence-electron chi connectivity index (χ3n) is 2.60. The lowest BCUT2D eigenvalue weighted by molar-refractivity contribution is -0.384. The van der Waals surface area contributed by atoms with Crippen molar-refractivity contribution < 1.29 is 9.72 Å². The lowest BCUT2D eigenvalue weighted by atomic mass is 9.96. The number of non-ortho nitro benzene ring substituents is 1. The van der Waals surface area contributed by atoms with Gasteiger partial charge < -0.3 is 11.1 Å². The van der Waals surface area contributed by atoms with Crippen molar-refractivity contribution in [1.29, 1.82) is 0 Å². The Labute approximate surface area is 117 Å². The maximum Gasteiger partial charge on any atom is 0.271 e. The van der Waals surface area contributed by atoms with Gasteiger partial charge in [-0.1, -0.05) is 19.4 Å². The third kappa shape index (κ3) is 4.84. The van der Waals surface area contributed by atoms with Crippen molar-refractivity contribution in [2.75, 3.05) is 5.32 Å². The molecule has 0 aromatic heterocycles. The predicted molar refractivity (Wildman–Crippen MR) is 76.5 cm³/mol. The van der Waals surface area contributed by atoms with Crippen LogP contribution < -0.4 is 11.1 Å². The molecule has 0 fully saturated rings. The van der Waals surface area contributed by atoms with Crippen molar-refractivity contribution in [2.24, 2.45) is 5.73 Å². The number of anilines is 1. The molecule has 1 aromatic rings. The normalized spacial score (nSPS) is 13.0. The van der Waals surface area contributed by atoms with Gasteiger partial charge in [0.15, 0.2) is 0 Å². The number of halogens is 1. The fraction of sp³-hybridized carbons (Fsp3) is 0.417. The Morgan fingerprint density at radius 2 is 2.16 bits per heavy atom. The summed E-state index contributed by atoms with van der Waals surface area (Å²) in [6.07, 6.45) is 1.34. The Bertz CT molecular complexity index is 463. The molecule has 6 nitrogen and oxygen atoms in total. The fourth-order valence-electron chi connectivity index (χ4n) is 1.60. The van der Waals surface area contributed by atoms with Crippen molar-refractivity contribution in [2.45, 2.75) is 32.2 Å². The minimum Gasteiger partial charge on any atom is -0.324 e. The summed E-state index contributed by atoms with van der Waals surface area (Å²) >= 11 is 0. The van der Waals surface area contributed by atoms with E-state index in [0.29, 0.717) is 12.1 Å². The number of benzene rings is 1. The van der Waals surface area contributed by atoms with Crippen LogP contribution in [0.1, 0.15) is 26.7 Å². The summed E-state index contributed by atoms with van der Waals surface area (Å²) in [6, 6.07) is 5.78. The molecule has 106 valence electrons. The van der Waals surface area contributed by atoms with E-state index in [1.54, 1.807) is 13.0 Å². The Hall–Kier alpha value is -1.66. The van der Waals surface area contributed by atoms with Gasteiger partial charge in [-0.15, -0.1) is 12.4 Å². The van der Waals surface area contributed by atoms with Crippen LogP contribution in [0.4, 0.5) is 11.4 Å². The molecule has 1 rings (SSSR count). The number of nitrogens with zero attached hydrogens (tertiary/aromatic N) is 1. The van der Waals surface area contributed by atoms with E-state index in [1.807, 2.05) is 6.92 Å². The van der Waals surface area contributed by atoms with Gasteiger partial charge in [0.1, 0.15) is 0 Å². The molecule has 7 heteroatoms. The lowest BCUT2D eigenvalue weighted by Gasteiger charge is -2.22. The molecule has 3 N–H and O–H groups in total. The fourth-order valence-corrected chi connectivity index (χ4v) is 1.60. The first-order valence-corrected chi connectivity index (χ1v) is 5.71. The topological polar surface area (TPSA) is 98.3 Å². The van der Waals surface area contributed by atoms with Gasteiger partial charge >= 0.3 is 0 Å². The average Bonchev–Trinajstić information content (AvgIpc) is 2.29. The van der Waals surface area contributed by atoms with Gasteiger partial charge in [0.05, 0.1) is 10.5 Å². The molecule has 0 bridgehead atoms. The van der Waals surface area contributed by atoms with Gasteiger partial charge in [-0.25, -0.2) is 0 Å². The number of carbonyl (C=O) groups excluding carboxylic acids is 1. The molecule has 19 heavy (non-hydrogen) atoms. The summed E-state index contributed by atoms with van der Waals surface area (Å²) in [4.78, 5) is 22.0. The molecule has 1 unspecified atom stereocenters. The maximum absolute atomic E-state index is 11.9. The van der Waals surface area contributed by atoms with E-state index >= 15 is 0 Å². The van der Waals surface area contributed by atoms with Crippen molar-refractivity contribution in [1.82, 2.24) is 0 Å². The monoisotopic (exact) mass is 287 g/mol. The van der Waals surface area contributed by atoms with E-state index in [-0.39, 0.29) is 24.0 Å². The number of nitrogens with two attached hydrogens (primary N) is 1. The van der Waals surface area contributed by atoms with Gasteiger partial charge in [-0.3, -0.25) is 14.9 Å². The van der Waals surface area contributed by atoms with Crippen LogP contribution in [0.25, 0.3) is 0 Å². The Kier molecular flexibility index (Phi) is 6.44. The van der Waals surface area contributed by atoms with E-state index < -0.39 is 10.5 Å². The molecular weight excluding hydrogens is 270 g/mol. The van der Waals surface area contributed by atoms with Crippen LogP contribution in [0.2, 0.25) is 0 Å². The number of hydrogen-bond donors (Lipinski definition) is 2. The van der Waals surface area contributed by atoms with E-state index in [2.05, 4.69) is 5.32 Å². The lowest BCUT2D eigenvalue weighted by Crippen LogP contribution is -2.48. The first-order valence-electron chi connectivity index (χ1n) is 5.71. The first-order chi connectivity index (χ1) is 8.36. The SMILES string of the molecule is CCCC(C)(N)C(=O)Nc1cccc([N+](=O)[O-])c1.Cl. The Balaban J connectivity index is 0.00000324. The number of carbonyl (C=O) groups is 1. The molecule has 0 radical (unpaired) electrons. The summed E-state index contributed by atoms with van der Waals surface area (Å²) in [5, 5.41) is 13.2. The number of nitrogens with one attached hydrogen (secondary N) is 1. The van der Waals surface area contributed by atoms with Crippen molar-refractivity contribution in [3.05, 3.63) is 34.4 Å². The molecule has 1 amide bonds. The zero-order valence-electron chi connectivity index (χ0n) is 10.9. The molecule has 0 saturated carbocycles. The summed E-state index contributed by atoms with van der Waals surface area (Å²) in [5.74, 6) is -0.343. The summed E-state index contributed by atoms with van der Waals surface area (Å²) in [6.45, 7) is 3.58. The molecule has 0 saturated heterocycles. The third-order valence-corrected chi connectivity index (χ3v) is 2.60. The van der Waals surface area contributed by atoms with E-state index in [9.17, 15) is 14.9 Å². The maximum atomic E-state index is 11.9. The number of nitro benzene ring substituents is 1. The minimum atomic E-state index is -0.973. The Morgan fingerprint density at radius 1 is 1.53 bits per heavy atom. The van der Waals surface area contributed by atoms with Gasteiger partial charge in [-0.05, 0) is 19.4 Å². The van der Waals surface area contributed by atoms with Crippen LogP contribution in [0.5, 0.6) is 0 Å². The zero-order valence-corrected chi connectivity index (χ0v) is 11.7.